The number of alkyl halides is 1. The molecule has 0 spiro atoms. The van der Waals surface area contributed by atoms with E-state index >= 15 is 0 Å². The van der Waals surface area contributed by atoms with Gasteiger partial charge in [-0.05, 0) is 50.9 Å². The van der Waals surface area contributed by atoms with Crippen molar-refractivity contribution in [1.29, 1.82) is 0 Å². The molecule has 4 unspecified atom stereocenters. The third-order valence-electron chi connectivity index (χ3n) is 5.33. The van der Waals surface area contributed by atoms with Crippen molar-refractivity contribution in [2.75, 3.05) is 18.4 Å². The summed E-state index contributed by atoms with van der Waals surface area (Å²) in [4.78, 5) is 14.7. The van der Waals surface area contributed by atoms with Crippen LogP contribution in [0.3, 0.4) is 0 Å². The van der Waals surface area contributed by atoms with E-state index in [9.17, 15) is 4.79 Å². The number of ether oxygens (including phenoxy) is 1. The molecule has 1 amide bonds. The topological polar surface area (TPSA) is 29.5 Å². The summed E-state index contributed by atoms with van der Waals surface area (Å²) in [5.74, 6) is 2.78. The predicted octanol–water partition coefficient (Wildman–Crippen LogP) is 3.21. The smallest absolute Gasteiger partial charge is 0.223 e. The highest BCUT2D eigenvalue weighted by Gasteiger charge is 2.42. The third kappa shape index (κ3) is 3.06. The highest BCUT2D eigenvalue weighted by molar-refractivity contribution is 9.09. The van der Waals surface area contributed by atoms with Crippen LogP contribution in [0.5, 0.6) is 0 Å². The summed E-state index contributed by atoms with van der Waals surface area (Å²) in [6.07, 6.45) is 6.35. The fourth-order valence-electron chi connectivity index (χ4n) is 4.55. The molecule has 3 fully saturated rings. The van der Waals surface area contributed by atoms with Gasteiger partial charge in [0.2, 0.25) is 5.91 Å². The van der Waals surface area contributed by atoms with Crippen molar-refractivity contribution in [1.82, 2.24) is 4.90 Å². The molecular formula is C16H26BrNO2. The molecule has 114 valence electrons. The fraction of sp³-hybridized carbons (Fsp3) is 0.938. The minimum Gasteiger partial charge on any atom is -0.368 e. The summed E-state index contributed by atoms with van der Waals surface area (Å²) >= 11 is 3.49. The molecule has 0 aromatic heterocycles. The Labute approximate surface area is 130 Å². The Balaban J connectivity index is 1.59. The fourth-order valence-corrected chi connectivity index (χ4v) is 4.88. The molecule has 0 aromatic rings. The molecule has 0 aromatic carbocycles. The molecule has 4 heteroatoms. The van der Waals surface area contributed by atoms with Crippen molar-refractivity contribution in [3.63, 3.8) is 0 Å². The second-order valence-corrected chi connectivity index (χ2v) is 8.21. The highest BCUT2D eigenvalue weighted by atomic mass is 79.9. The molecule has 20 heavy (non-hydrogen) atoms. The van der Waals surface area contributed by atoms with E-state index in [1.54, 1.807) is 0 Å². The number of hydrogen-bond acceptors (Lipinski definition) is 2. The maximum absolute atomic E-state index is 12.6. The maximum atomic E-state index is 12.6. The SMILES string of the molecule is CC1(C)CN(C(=O)CC2CC3CCC2C3)CC(CBr)O1. The minimum atomic E-state index is -0.221. The standard InChI is InChI=1S/C16H26BrNO2/c1-16(2)10-18(9-14(8-17)20-16)15(19)7-13-6-11-3-4-12(13)5-11/h11-14H,3-10H2,1-2H3. The van der Waals surface area contributed by atoms with Crippen molar-refractivity contribution in [3.05, 3.63) is 0 Å². The number of carbonyl (C=O) groups excluding carboxylic acids is 1. The first-order valence-corrected chi connectivity index (χ1v) is 9.10. The lowest BCUT2D eigenvalue weighted by molar-refractivity contribution is -0.158. The van der Waals surface area contributed by atoms with Crippen molar-refractivity contribution < 1.29 is 9.53 Å². The average molecular weight is 344 g/mol. The van der Waals surface area contributed by atoms with Gasteiger partial charge in [0.25, 0.3) is 0 Å². The van der Waals surface area contributed by atoms with E-state index in [0.717, 1.165) is 36.7 Å². The van der Waals surface area contributed by atoms with E-state index < -0.39 is 0 Å². The number of amides is 1. The van der Waals surface area contributed by atoms with Crippen LogP contribution in [0.15, 0.2) is 0 Å². The van der Waals surface area contributed by atoms with Gasteiger partial charge in [0, 0.05) is 24.8 Å². The second kappa shape index (κ2) is 5.60. The number of hydrogen-bond donors (Lipinski definition) is 0. The Morgan fingerprint density at radius 3 is 2.75 bits per heavy atom. The van der Waals surface area contributed by atoms with Crippen LogP contribution < -0.4 is 0 Å². The van der Waals surface area contributed by atoms with E-state index in [2.05, 4.69) is 29.8 Å². The van der Waals surface area contributed by atoms with Crippen LogP contribution in [0.2, 0.25) is 0 Å². The van der Waals surface area contributed by atoms with Crippen LogP contribution in [0.4, 0.5) is 0 Å². The molecule has 1 saturated heterocycles. The summed E-state index contributed by atoms with van der Waals surface area (Å²) in [5.41, 5.74) is -0.221. The Morgan fingerprint density at radius 2 is 2.15 bits per heavy atom. The number of morpholine rings is 1. The second-order valence-electron chi connectivity index (χ2n) is 7.57. The van der Waals surface area contributed by atoms with E-state index in [0.29, 0.717) is 11.8 Å². The largest absolute Gasteiger partial charge is 0.368 e. The first-order valence-electron chi connectivity index (χ1n) is 7.98. The molecule has 0 N–H and O–H groups in total. The third-order valence-corrected chi connectivity index (χ3v) is 6.05. The zero-order chi connectivity index (χ0) is 14.3. The number of fused-ring (bicyclic) bond motifs is 2. The lowest BCUT2D eigenvalue weighted by Gasteiger charge is -2.43. The summed E-state index contributed by atoms with van der Waals surface area (Å²) in [6.45, 7) is 5.64. The monoisotopic (exact) mass is 343 g/mol. The lowest BCUT2D eigenvalue weighted by atomic mass is 9.86. The molecule has 3 aliphatic rings. The Kier molecular flexibility index (Phi) is 4.15. The van der Waals surface area contributed by atoms with Crippen molar-refractivity contribution >= 4 is 21.8 Å². The van der Waals surface area contributed by atoms with E-state index in [-0.39, 0.29) is 11.7 Å². The highest BCUT2D eigenvalue weighted by Crippen LogP contribution is 2.49. The molecule has 2 bridgehead atoms. The van der Waals surface area contributed by atoms with Gasteiger partial charge in [-0.15, -0.1) is 0 Å². The zero-order valence-electron chi connectivity index (χ0n) is 12.6. The number of carbonyl (C=O) groups is 1. The molecule has 1 heterocycles. The van der Waals surface area contributed by atoms with Gasteiger partial charge in [0.1, 0.15) is 0 Å². The van der Waals surface area contributed by atoms with Crippen LogP contribution in [-0.2, 0) is 9.53 Å². The van der Waals surface area contributed by atoms with Crippen molar-refractivity contribution in [2.24, 2.45) is 17.8 Å². The van der Waals surface area contributed by atoms with Gasteiger partial charge < -0.3 is 9.64 Å². The Morgan fingerprint density at radius 1 is 1.35 bits per heavy atom. The van der Waals surface area contributed by atoms with Gasteiger partial charge >= 0.3 is 0 Å². The minimum absolute atomic E-state index is 0.128. The van der Waals surface area contributed by atoms with Crippen LogP contribution in [0, 0.1) is 17.8 Å². The lowest BCUT2D eigenvalue weighted by Crippen LogP contribution is -2.55. The summed E-state index contributed by atoms with van der Waals surface area (Å²) < 4.78 is 5.98. The first-order chi connectivity index (χ1) is 9.47. The summed E-state index contributed by atoms with van der Waals surface area (Å²) in [7, 11) is 0. The Bertz CT molecular complexity index is 385. The first kappa shape index (κ1) is 14.8. The van der Waals surface area contributed by atoms with Gasteiger partial charge in [-0.2, -0.15) is 0 Å². The molecule has 2 saturated carbocycles. The van der Waals surface area contributed by atoms with Crippen LogP contribution in [0.25, 0.3) is 0 Å². The number of rotatable bonds is 3. The van der Waals surface area contributed by atoms with E-state index in [1.165, 1.54) is 25.7 Å². The summed E-state index contributed by atoms with van der Waals surface area (Å²) in [6, 6.07) is 0. The van der Waals surface area contributed by atoms with Gasteiger partial charge in [0.05, 0.1) is 11.7 Å². The van der Waals surface area contributed by atoms with Gasteiger partial charge in [-0.25, -0.2) is 0 Å². The molecule has 1 aliphatic heterocycles. The quantitative estimate of drug-likeness (QED) is 0.736. The molecule has 0 radical (unpaired) electrons. The van der Waals surface area contributed by atoms with E-state index in [1.807, 2.05) is 4.90 Å². The predicted molar refractivity (Wildman–Crippen MR) is 82.9 cm³/mol. The Hall–Kier alpha value is -0.0900. The van der Waals surface area contributed by atoms with Crippen LogP contribution in [0.1, 0.15) is 46.0 Å². The van der Waals surface area contributed by atoms with Crippen LogP contribution >= 0.6 is 15.9 Å². The number of halogens is 1. The van der Waals surface area contributed by atoms with Crippen molar-refractivity contribution in [3.8, 4) is 0 Å². The van der Waals surface area contributed by atoms with E-state index in [4.69, 9.17) is 4.74 Å². The van der Waals surface area contributed by atoms with Gasteiger partial charge in [-0.1, -0.05) is 22.4 Å². The molecule has 4 atom stereocenters. The van der Waals surface area contributed by atoms with Crippen LogP contribution in [-0.4, -0.2) is 40.9 Å². The van der Waals surface area contributed by atoms with Gasteiger partial charge in [-0.3, -0.25) is 4.79 Å². The molecular weight excluding hydrogens is 318 g/mol. The molecule has 3 nitrogen and oxygen atoms in total. The summed E-state index contributed by atoms with van der Waals surface area (Å²) in [5, 5.41) is 0.800. The van der Waals surface area contributed by atoms with Gasteiger partial charge in [0.15, 0.2) is 0 Å². The average Bonchev–Trinajstić information content (AvgIpc) is 2.99. The normalized spacial score (nSPS) is 39.2. The maximum Gasteiger partial charge on any atom is 0.223 e. The zero-order valence-corrected chi connectivity index (χ0v) is 14.2. The number of nitrogens with zero attached hydrogens (tertiary/aromatic N) is 1. The molecule has 3 rings (SSSR count). The van der Waals surface area contributed by atoms with Crippen molar-refractivity contribution in [2.45, 2.75) is 57.7 Å². The molecule has 2 aliphatic carbocycles.